The van der Waals surface area contributed by atoms with Gasteiger partial charge in [-0.2, -0.15) is 0 Å². The minimum absolute atomic E-state index is 0.0882. The number of likely N-dealkylation sites (tertiary alicyclic amines) is 1. The molecule has 4 heteroatoms. The topological polar surface area (TPSA) is 53.4 Å². The summed E-state index contributed by atoms with van der Waals surface area (Å²) >= 11 is 0. The smallest absolute Gasteiger partial charge is 0.254 e. The summed E-state index contributed by atoms with van der Waals surface area (Å²) in [4.78, 5) is 19.9. The highest BCUT2D eigenvalue weighted by Gasteiger charge is 2.30. The van der Waals surface area contributed by atoms with E-state index in [9.17, 15) is 9.90 Å². The van der Waals surface area contributed by atoms with E-state index in [1.54, 1.807) is 0 Å². The zero-order valence-corrected chi connectivity index (χ0v) is 14.4. The van der Waals surface area contributed by atoms with Crippen LogP contribution in [0.25, 0.3) is 10.9 Å². The number of benzene rings is 1. The van der Waals surface area contributed by atoms with Gasteiger partial charge in [0.2, 0.25) is 0 Å². The van der Waals surface area contributed by atoms with Crippen LogP contribution in [0.1, 0.15) is 52.4 Å². The normalized spacial score (nSPS) is 20.8. The van der Waals surface area contributed by atoms with Crippen molar-refractivity contribution in [1.82, 2.24) is 9.88 Å². The van der Waals surface area contributed by atoms with Crippen molar-refractivity contribution >= 4 is 16.8 Å². The number of aliphatic hydroxyl groups is 1. The summed E-state index contributed by atoms with van der Waals surface area (Å²) in [6.07, 6.45) is 3.24. The summed E-state index contributed by atoms with van der Waals surface area (Å²) in [5, 5.41) is 10.3. The van der Waals surface area contributed by atoms with Crippen LogP contribution in [0, 0.1) is 19.8 Å². The molecule has 1 aromatic heterocycles. The lowest BCUT2D eigenvalue weighted by molar-refractivity contribution is 0.0783. The van der Waals surface area contributed by atoms with Gasteiger partial charge in [-0.05, 0) is 50.8 Å². The molecule has 4 rings (SSSR count). The molecule has 1 saturated heterocycles. The average Bonchev–Trinajstić information content (AvgIpc) is 3.30. The van der Waals surface area contributed by atoms with Gasteiger partial charge in [-0.15, -0.1) is 0 Å². The number of rotatable bonds is 3. The molecule has 2 fully saturated rings. The maximum Gasteiger partial charge on any atom is 0.254 e. The fourth-order valence-electron chi connectivity index (χ4n) is 3.80. The number of fused-ring (bicyclic) bond motifs is 1. The fourth-order valence-corrected chi connectivity index (χ4v) is 3.80. The van der Waals surface area contributed by atoms with Gasteiger partial charge >= 0.3 is 0 Å². The second-order valence-electron chi connectivity index (χ2n) is 7.44. The van der Waals surface area contributed by atoms with E-state index in [1.807, 2.05) is 11.0 Å². The molecule has 1 atom stereocenters. The van der Waals surface area contributed by atoms with E-state index in [1.165, 1.54) is 12.8 Å². The van der Waals surface area contributed by atoms with E-state index < -0.39 is 0 Å². The van der Waals surface area contributed by atoms with Gasteiger partial charge in [0.05, 0.1) is 11.1 Å². The van der Waals surface area contributed by atoms with Crippen LogP contribution >= 0.6 is 0 Å². The molecule has 1 unspecified atom stereocenters. The van der Waals surface area contributed by atoms with E-state index in [4.69, 9.17) is 4.98 Å². The van der Waals surface area contributed by atoms with Crippen LogP contribution in [0.15, 0.2) is 18.2 Å². The van der Waals surface area contributed by atoms with Gasteiger partial charge in [0.25, 0.3) is 5.91 Å². The molecule has 2 heterocycles. The highest BCUT2D eigenvalue weighted by molar-refractivity contribution is 6.07. The van der Waals surface area contributed by atoms with Crippen molar-refractivity contribution in [3.63, 3.8) is 0 Å². The Morgan fingerprint density at radius 1 is 1.25 bits per heavy atom. The number of carbonyl (C=O) groups excluding carboxylic acids is 1. The standard InChI is InChI=1S/C20H24N2O2/c1-12-7-13(2)19-16(8-12)17(9-18(21-19)15-3-4-15)20(24)22-6-5-14(10-22)11-23/h7-9,14-15,23H,3-6,10-11H2,1-2H3. The van der Waals surface area contributed by atoms with Gasteiger partial charge in [-0.25, -0.2) is 0 Å². The first-order chi connectivity index (χ1) is 11.6. The lowest BCUT2D eigenvalue weighted by atomic mass is 10.00. The van der Waals surface area contributed by atoms with Gasteiger partial charge in [-0.3, -0.25) is 9.78 Å². The molecule has 1 amide bonds. The van der Waals surface area contributed by atoms with Crippen molar-refractivity contribution in [2.75, 3.05) is 19.7 Å². The first kappa shape index (κ1) is 15.6. The molecule has 1 aromatic carbocycles. The Labute approximate surface area is 142 Å². The SMILES string of the molecule is Cc1cc(C)c2nc(C3CC3)cc(C(=O)N3CCC(CO)C3)c2c1. The Bertz CT molecular complexity index is 811. The highest BCUT2D eigenvalue weighted by Crippen LogP contribution is 2.41. The van der Waals surface area contributed by atoms with E-state index in [-0.39, 0.29) is 18.4 Å². The molecule has 0 bridgehead atoms. The Hall–Kier alpha value is -1.94. The third-order valence-electron chi connectivity index (χ3n) is 5.33. The molecule has 1 aliphatic heterocycles. The molecular formula is C20H24N2O2. The zero-order valence-electron chi connectivity index (χ0n) is 14.4. The van der Waals surface area contributed by atoms with Crippen molar-refractivity contribution in [3.8, 4) is 0 Å². The summed E-state index contributed by atoms with van der Waals surface area (Å²) in [5.74, 6) is 0.823. The summed E-state index contributed by atoms with van der Waals surface area (Å²) in [6.45, 7) is 5.69. The van der Waals surface area contributed by atoms with Crippen molar-refractivity contribution < 1.29 is 9.90 Å². The van der Waals surface area contributed by atoms with Gasteiger partial charge in [0.1, 0.15) is 0 Å². The second kappa shape index (κ2) is 5.85. The van der Waals surface area contributed by atoms with Gasteiger partial charge in [0, 0.05) is 42.6 Å². The molecular weight excluding hydrogens is 300 g/mol. The first-order valence-electron chi connectivity index (χ1n) is 8.89. The Balaban J connectivity index is 1.82. The molecule has 4 nitrogen and oxygen atoms in total. The van der Waals surface area contributed by atoms with Crippen LogP contribution < -0.4 is 0 Å². The number of aromatic nitrogens is 1. The largest absolute Gasteiger partial charge is 0.396 e. The quantitative estimate of drug-likeness (QED) is 0.943. The van der Waals surface area contributed by atoms with Crippen LogP contribution in [0.5, 0.6) is 0 Å². The molecule has 1 saturated carbocycles. The Morgan fingerprint density at radius 3 is 2.71 bits per heavy atom. The fraction of sp³-hybridized carbons (Fsp3) is 0.500. The summed E-state index contributed by atoms with van der Waals surface area (Å²) in [6, 6.07) is 6.24. The minimum Gasteiger partial charge on any atom is -0.396 e. The number of carbonyl (C=O) groups is 1. The zero-order chi connectivity index (χ0) is 16.8. The Kier molecular flexibility index (Phi) is 3.80. The number of hydrogen-bond donors (Lipinski definition) is 1. The number of aliphatic hydroxyl groups excluding tert-OH is 1. The van der Waals surface area contributed by atoms with Crippen molar-refractivity contribution in [1.29, 1.82) is 0 Å². The van der Waals surface area contributed by atoms with Crippen LogP contribution in [0.4, 0.5) is 0 Å². The van der Waals surface area contributed by atoms with Crippen LogP contribution in [-0.4, -0.2) is 40.6 Å². The van der Waals surface area contributed by atoms with Gasteiger partial charge < -0.3 is 10.0 Å². The summed E-state index contributed by atoms with van der Waals surface area (Å²) in [7, 11) is 0. The number of amides is 1. The third kappa shape index (κ3) is 2.69. The Morgan fingerprint density at radius 2 is 2.04 bits per heavy atom. The molecule has 1 N–H and O–H groups in total. The molecule has 2 aliphatic rings. The van der Waals surface area contributed by atoms with Crippen LogP contribution in [0.3, 0.4) is 0 Å². The minimum atomic E-state index is 0.0882. The van der Waals surface area contributed by atoms with Crippen LogP contribution in [0.2, 0.25) is 0 Å². The highest BCUT2D eigenvalue weighted by atomic mass is 16.3. The number of hydrogen-bond acceptors (Lipinski definition) is 3. The number of nitrogens with zero attached hydrogens (tertiary/aromatic N) is 2. The summed E-state index contributed by atoms with van der Waals surface area (Å²) < 4.78 is 0. The maximum absolute atomic E-state index is 13.2. The molecule has 24 heavy (non-hydrogen) atoms. The predicted octanol–water partition coefficient (Wildman–Crippen LogP) is 3.18. The average molecular weight is 324 g/mol. The number of aryl methyl sites for hydroxylation is 2. The molecule has 2 aromatic rings. The van der Waals surface area contributed by atoms with E-state index in [0.29, 0.717) is 12.5 Å². The van der Waals surface area contributed by atoms with E-state index in [2.05, 4.69) is 26.0 Å². The van der Waals surface area contributed by atoms with E-state index >= 15 is 0 Å². The monoisotopic (exact) mass is 324 g/mol. The second-order valence-corrected chi connectivity index (χ2v) is 7.44. The molecule has 0 radical (unpaired) electrons. The lowest BCUT2D eigenvalue weighted by Gasteiger charge is -2.19. The molecule has 1 aliphatic carbocycles. The lowest BCUT2D eigenvalue weighted by Crippen LogP contribution is -2.29. The molecule has 126 valence electrons. The van der Waals surface area contributed by atoms with Gasteiger partial charge in [-0.1, -0.05) is 11.6 Å². The first-order valence-corrected chi connectivity index (χ1v) is 8.89. The predicted molar refractivity (Wildman–Crippen MR) is 94.3 cm³/mol. The van der Waals surface area contributed by atoms with Crippen molar-refractivity contribution in [3.05, 3.63) is 40.6 Å². The molecule has 0 spiro atoms. The van der Waals surface area contributed by atoms with E-state index in [0.717, 1.165) is 46.3 Å². The van der Waals surface area contributed by atoms with Gasteiger partial charge in [0.15, 0.2) is 0 Å². The van der Waals surface area contributed by atoms with Crippen molar-refractivity contribution in [2.45, 2.75) is 39.0 Å². The van der Waals surface area contributed by atoms with Crippen LogP contribution in [-0.2, 0) is 0 Å². The number of pyridine rings is 1. The third-order valence-corrected chi connectivity index (χ3v) is 5.33. The summed E-state index contributed by atoms with van der Waals surface area (Å²) in [5.41, 5.74) is 5.11. The van der Waals surface area contributed by atoms with Crippen molar-refractivity contribution in [2.24, 2.45) is 5.92 Å². The maximum atomic E-state index is 13.2.